The molecular weight excluding hydrogens is 635 g/mol. The maximum atomic E-state index is 2.45. The van der Waals surface area contributed by atoms with Crippen LogP contribution in [0.2, 0.25) is 0 Å². The Balaban J connectivity index is 1.15. The summed E-state index contributed by atoms with van der Waals surface area (Å²) in [5.41, 5.74) is 13.6. The standard InChI is InChI=1S/C49H35NS/c1-49(2)44-21-9-8-20-41(44)42-25-23-38(30-45(42)49)50(37-18-11-17-36(29-37)35-16-10-15-34(28-35)32-12-4-3-5-13-32)39-24-26-43-47(31-39)51-46-27-22-33-14-6-7-19-40(33)48(43)46/h3-31H,1-2H3. The SMILES string of the molecule is CC1(C)c2ccccc2-c2ccc(N(c3cccc(-c4cccc(-c5ccccc5)c4)c3)c3ccc4c(c3)sc3ccc5ccccc5c34)cc21. The first kappa shape index (κ1) is 29.9. The molecule has 0 spiro atoms. The van der Waals surface area contributed by atoms with Gasteiger partial charge in [-0.2, -0.15) is 0 Å². The molecule has 1 heterocycles. The Kier molecular flexibility index (Phi) is 6.78. The van der Waals surface area contributed by atoms with E-state index in [-0.39, 0.29) is 5.41 Å². The Morgan fingerprint density at radius 3 is 1.94 bits per heavy atom. The van der Waals surface area contributed by atoms with E-state index in [0.717, 1.165) is 17.1 Å². The zero-order valence-corrected chi connectivity index (χ0v) is 29.4. The molecule has 0 saturated carbocycles. The normalized spacial score (nSPS) is 13.1. The number of nitrogens with zero attached hydrogens (tertiary/aromatic N) is 1. The minimum absolute atomic E-state index is 0.0934. The van der Waals surface area contributed by atoms with Gasteiger partial charge in [0.15, 0.2) is 0 Å². The highest BCUT2D eigenvalue weighted by atomic mass is 32.1. The molecule has 242 valence electrons. The van der Waals surface area contributed by atoms with Crippen molar-refractivity contribution in [1.82, 2.24) is 0 Å². The van der Waals surface area contributed by atoms with Crippen LogP contribution < -0.4 is 4.90 Å². The van der Waals surface area contributed by atoms with Gasteiger partial charge >= 0.3 is 0 Å². The summed E-state index contributed by atoms with van der Waals surface area (Å²) < 4.78 is 2.62. The van der Waals surface area contributed by atoms with E-state index in [2.05, 4.69) is 195 Å². The van der Waals surface area contributed by atoms with Crippen molar-refractivity contribution < 1.29 is 0 Å². The number of hydrogen-bond acceptors (Lipinski definition) is 2. The maximum absolute atomic E-state index is 2.45. The molecule has 0 N–H and O–H groups in total. The van der Waals surface area contributed by atoms with Crippen LogP contribution in [0, 0.1) is 0 Å². The van der Waals surface area contributed by atoms with Gasteiger partial charge in [0.2, 0.25) is 0 Å². The second kappa shape index (κ2) is 11.6. The van der Waals surface area contributed by atoms with Crippen LogP contribution in [-0.2, 0) is 5.41 Å². The summed E-state index contributed by atoms with van der Waals surface area (Å²) in [6, 6.07) is 64.8. The van der Waals surface area contributed by atoms with E-state index >= 15 is 0 Å². The van der Waals surface area contributed by atoms with Gasteiger partial charge in [-0.3, -0.25) is 0 Å². The molecule has 2 heteroatoms. The number of thiophene rings is 1. The molecule has 0 aliphatic heterocycles. The van der Waals surface area contributed by atoms with E-state index < -0.39 is 0 Å². The smallest absolute Gasteiger partial charge is 0.0476 e. The monoisotopic (exact) mass is 669 g/mol. The lowest BCUT2D eigenvalue weighted by Gasteiger charge is -2.28. The van der Waals surface area contributed by atoms with Crippen molar-refractivity contribution in [3.8, 4) is 33.4 Å². The molecule has 1 nitrogen and oxygen atoms in total. The molecule has 9 aromatic rings. The molecule has 0 fully saturated rings. The van der Waals surface area contributed by atoms with Gasteiger partial charge in [0.05, 0.1) is 0 Å². The largest absolute Gasteiger partial charge is 0.310 e. The summed E-state index contributed by atoms with van der Waals surface area (Å²) in [6.45, 7) is 4.72. The van der Waals surface area contributed by atoms with Gasteiger partial charge < -0.3 is 4.90 Å². The third kappa shape index (κ3) is 4.82. The number of fused-ring (bicyclic) bond motifs is 8. The fourth-order valence-electron chi connectivity index (χ4n) is 8.29. The lowest BCUT2D eigenvalue weighted by atomic mass is 9.82. The fourth-order valence-corrected chi connectivity index (χ4v) is 9.44. The lowest BCUT2D eigenvalue weighted by molar-refractivity contribution is 0.660. The van der Waals surface area contributed by atoms with Crippen LogP contribution in [0.15, 0.2) is 176 Å². The summed E-state index contributed by atoms with van der Waals surface area (Å²) in [5, 5.41) is 5.26. The van der Waals surface area contributed by atoms with Crippen LogP contribution in [0.5, 0.6) is 0 Å². The van der Waals surface area contributed by atoms with Gasteiger partial charge in [0, 0.05) is 42.6 Å². The summed E-state index contributed by atoms with van der Waals surface area (Å²) in [7, 11) is 0. The highest BCUT2D eigenvalue weighted by molar-refractivity contribution is 7.26. The molecule has 10 rings (SSSR count). The van der Waals surface area contributed by atoms with E-state index in [9.17, 15) is 0 Å². The first-order valence-corrected chi connectivity index (χ1v) is 18.5. The van der Waals surface area contributed by atoms with E-state index in [0.29, 0.717) is 0 Å². The van der Waals surface area contributed by atoms with E-state index in [1.165, 1.54) is 75.5 Å². The number of benzene rings is 8. The number of hydrogen-bond donors (Lipinski definition) is 0. The zero-order chi connectivity index (χ0) is 34.1. The Morgan fingerprint density at radius 2 is 1.06 bits per heavy atom. The Bertz CT molecular complexity index is 2790. The molecule has 0 atom stereocenters. The van der Waals surface area contributed by atoms with Crippen molar-refractivity contribution >= 4 is 59.3 Å². The van der Waals surface area contributed by atoms with Crippen molar-refractivity contribution in [3.05, 3.63) is 187 Å². The summed E-state index contributed by atoms with van der Waals surface area (Å²) >= 11 is 1.88. The van der Waals surface area contributed by atoms with Gasteiger partial charge in [0.1, 0.15) is 0 Å². The molecule has 51 heavy (non-hydrogen) atoms. The average molecular weight is 670 g/mol. The highest BCUT2D eigenvalue weighted by Crippen LogP contribution is 2.51. The lowest BCUT2D eigenvalue weighted by Crippen LogP contribution is -2.16. The molecule has 1 aromatic heterocycles. The third-order valence-electron chi connectivity index (χ3n) is 10.8. The molecule has 0 radical (unpaired) electrons. The van der Waals surface area contributed by atoms with Crippen molar-refractivity contribution in [2.45, 2.75) is 19.3 Å². The first-order chi connectivity index (χ1) is 25.0. The molecule has 0 amide bonds. The van der Waals surface area contributed by atoms with Crippen molar-refractivity contribution in [2.75, 3.05) is 4.90 Å². The van der Waals surface area contributed by atoms with Crippen LogP contribution in [-0.4, -0.2) is 0 Å². The van der Waals surface area contributed by atoms with Gasteiger partial charge in [-0.25, -0.2) is 0 Å². The minimum atomic E-state index is -0.0934. The average Bonchev–Trinajstić information content (AvgIpc) is 3.67. The second-order valence-corrected chi connectivity index (χ2v) is 15.3. The van der Waals surface area contributed by atoms with Gasteiger partial charge in [-0.1, -0.05) is 141 Å². The topological polar surface area (TPSA) is 3.24 Å². The number of anilines is 3. The highest BCUT2D eigenvalue weighted by Gasteiger charge is 2.35. The Labute approximate surface area is 302 Å². The second-order valence-electron chi connectivity index (χ2n) is 14.2. The zero-order valence-electron chi connectivity index (χ0n) is 28.6. The molecule has 0 bridgehead atoms. The molecule has 1 aliphatic rings. The summed E-state index contributed by atoms with van der Waals surface area (Å²) in [5.74, 6) is 0. The van der Waals surface area contributed by atoms with E-state index in [1.54, 1.807) is 0 Å². The summed E-state index contributed by atoms with van der Waals surface area (Å²) in [6.07, 6.45) is 0. The van der Waals surface area contributed by atoms with Crippen LogP contribution >= 0.6 is 11.3 Å². The van der Waals surface area contributed by atoms with E-state index in [1.807, 2.05) is 11.3 Å². The van der Waals surface area contributed by atoms with E-state index in [4.69, 9.17) is 0 Å². The predicted molar refractivity (Wildman–Crippen MR) is 220 cm³/mol. The predicted octanol–water partition coefficient (Wildman–Crippen LogP) is 14.3. The van der Waals surface area contributed by atoms with Gasteiger partial charge in [-0.15, -0.1) is 11.3 Å². The first-order valence-electron chi connectivity index (χ1n) is 17.7. The van der Waals surface area contributed by atoms with Crippen molar-refractivity contribution in [1.29, 1.82) is 0 Å². The maximum Gasteiger partial charge on any atom is 0.0476 e. The van der Waals surface area contributed by atoms with Crippen LogP contribution in [0.4, 0.5) is 17.1 Å². The quantitative estimate of drug-likeness (QED) is 0.176. The number of rotatable bonds is 5. The molecule has 0 unspecified atom stereocenters. The molecule has 8 aromatic carbocycles. The van der Waals surface area contributed by atoms with Crippen molar-refractivity contribution in [3.63, 3.8) is 0 Å². The van der Waals surface area contributed by atoms with Crippen LogP contribution in [0.25, 0.3) is 64.3 Å². The molecule has 0 saturated heterocycles. The Morgan fingerprint density at radius 1 is 0.412 bits per heavy atom. The third-order valence-corrected chi connectivity index (χ3v) is 12.0. The van der Waals surface area contributed by atoms with Crippen LogP contribution in [0.1, 0.15) is 25.0 Å². The summed E-state index contributed by atoms with van der Waals surface area (Å²) in [4.78, 5) is 2.45. The Hall–Kier alpha value is -5.96. The van der Waals surface area contributed by atoms with Gasteiger partial charge in [-0.05, 0) is 104 Å². The molecule has 1 aliphatic carbocycles. The molecular formula is C49H35NS. The van der Waals surface area contributed by atoms with Gasteiger partial charge in [0.25, 0.3) is 0 Å². The fraction of sp³-hybridized carbons (Fsp3) is 0.0612. The van der Waals surface area contributed by atoms with Crippen molar-refractivity contribution in [2.24, 2.45) is 0 Å². The van der Waals surface area contributed by atoms with Crippen LogP contribution in [0.3, 0.4) is 0 Å². The minimum Gasteiger partial charge on any atom is -0.310 e.